The lowest BCUT2D eigenvalue weighted by Gasteiger charge is -2.20. The zero-order valence-corrected chi connectivity index (χ0v) is 18.1. The Labute approximate surface area is 190 Å². The van der Waals surface area contributed by atoms with E-state index in [-0.39, 0.29) is 24.5 Å². The third kappa shape index (κ3) is 5.26. The molecule has 2 aromatic carbocycles. The van der Waals surface area contributed by atoms with E-state index in [9.17, 15) is 14.4 Å². The van der Waals surface area contributed by atoms with Gasteiger partial charge in [-0.25, -0.2) is 4.79 Å². The van der Waals surface area contributed by atoms with Crippen molar-refractivity contribution in [2.24, 2.45) is 5.92 Å². The van der Waals surface area contributed by atoms with Crippen LogP contribution in [0.5, 0.6) is 0 Å². The minimum absolute atomic E-state index is 0.130. The van der Waals surface area contributed by atoms with Gasteiger partial charge in [-0.05, 0) is 54.7 Å². The van der Waals surface area contributed by atoms with Crippen LogP contribution in [0.3, 0.4) is 0 Å². The number of para-hydroxylation sites is 1. The molecule has 4 rings (SSSR count). The highest BCUT2D eigenvalue weighted by molar-refractivity contribution is 6.30. The average molecular weight is 451 g/mol. The molecule has 1 atom stereocenters. The lowest BCUT2D eigenvalue weighted by atomic mass is 10.0. The van der Waals surface area contributed by atoms with Crippen molar-refractivity contribution in [2.45, 2.75) is 25.3 Å². The molecule has 0 radical (unpaired) electrons. The number of fused-ring (bicyclic) bond motifs is 1. The predicted molar refractivity (Wildman–Crippen MR) is 124 cm³/mol. The molecule has 1 aromatic heterocycles. The van der Waals surface area contributed by atoms with Gasteiger partial charge < -0.3 is 15.0 Å². The highest BCUT2D eigenvalue weighted by Crippen LogP contribution is 2.20. The van der Waals surface area contributed by atoms with Gasteiger partial charge in [0.15, 0.2) is 0 Å². The first-order valence-corrected chi connectivity index (χ1v) is 10.9. The van der Waals surface area contributed by atoms with E-state index in [2.05, 4.69) is 22.5 Å². The van der Waals surface area contributed by atoms with Crippen molar-refractivity contribution in [3.8, 4) is 0 Å². The summed E-state index contributed by atoms with van der Waals surface area (Å²) in [6.07, 6.45) is 6.01. The Morgan fingerprint density at radius 2 is 1.81 bits per heavy atom. The van der Waals surface area contributed by atoms with Crippen LogP contribution in [0.25, 0.3) is 10.9 Å². The molecule has 1 amide bonds. The second kappa shape index (κ2) is 9.83. The van der Waals surface area contributed by atoms with Crippen LogP contribution >= 0.6 is 11.6 Å². The topological polar surface area (TPSA) is 88.3 Å². The van der Waals surface area contributed by atoms with Gasteiger partial charge in [0.2, 0.25) is 5.56 Å². The number of nitrogens with one attached hydrogen (secondary N) is 2. The Morgan fingerprint density at radius 1 is 1.09 bits per heavy atom. The van der Waals surface area contributed by atoms with E-state index < -0.39 is 17.9 Å². The molecule has 3 aromatic rings. The monoisotopic (exact) mass is 450 g/mol. The van der Waals surface area contributed by atoms with E-state index in [4.69, 9.17) is 16.3 Å². The fourth-order valence-electron chi connectivity index (χ4n) is 3.81. The minimum atomic E-state index is -0.947. The number of ether oxygens (including phenoxy) is 1. The molecule has 0 aliphatic heterocycles. The molecule has 1 aliphatic rings. The molecule has 164 valence electrons. The third-order valence-corrected chi connectivity index (χ3v) is 5.78. The van der Waals surface area contributed by atoms with Crippen LogP contribution < -0.4 is 10.9 Å². The second-order valence-corrected chi connectivity index (χ2v) is 8.32. The number of amides is 1. The Bertz CT molecular complexity index is 1210. The minimum Gasteiger partial charge on any atom is -0.464 e. The SMILES string of the molecule is O=C(NC(Cc1cc(=O)[nH]c2ccccc12)C(=O)OCC1CC=CC1)c1ccc(Cl)cc1. The number of pyridine rings is 1. The lowest BCUT2D eigenvalue weighted by Crippen LogP contribution is -2.44. The van der Waals surface area contributed by atoms with Crippen molar-refractivity contribution < 1.29 is 14.3 Å². The quantitative estimate of drug-likeness (QED) is 0.420. The molecule has 0 fully saturated rings. The Morgan fingerprint density at radius 3 is 2.56 bits per heavy atom. The predicted octanol–water partition coefficient (Wildman–Crippen LogP) is 4.03. The first-order chi connectivity index (χ1) is 15.5. The number of aromatic nitrogens is 1. The molecule has 6 nitrogen and oxygen atoms in total. The summed E-state index contributed by atoms with van der Waals surface area (Å²) in [7, 11) is 0. The standard InChI is InChI=1S/C25H23ClN2O4/c26-19-11-9-17(10-12-19)24(30)28-22(25(31)32-15-16-5-1-2-6-16)13-18-14-23(29)27-21-8-4-3-7-20(18)21/h1-4,7-12,14,16,22H,5-6,13,15H2,(H,27,29)(H,28,30). The molecule has 2 N–H and O–H groups in total. The molecule has 7 heteroatoms. The van der Waals surface area contributed by atoms with Crippen molar-refractivity contribution in [3.63, 3.8) is 0 Å². The van der Waals surface area contributed by atoms with Crippen molar-refractivity contribution >= 4 is 34.4 Å². The second-order valence-electron chi connectivity index (χ2n) is 7.88. The molecule has 0 spiro atoms. The maximum absolute atomic E-state index is 13.0. The zero-order valence-electron chi connectivity index (χ0n) is 17.3. The summed E-state index contributed by atoms with van der Waals surface area (Å²) >= 11 is 5.91. The van der Waals surface area contributed by atoms with Crippen LogP contribution in [-0.2, 0) is 16.0 Å². The number of benzene rings is 2. The molecule has 0 saturated heterocycles. The average Bonchev–Trinajstić information content (AvgIpc) is 3.31. The van der Waals surface area contributed by atoms with E-state index in [1.165, 1.54) is 6.07 Å². The van der Waals surface area contributed by atoms with Crippen molar-refractivity contribution in [1.82, 2.24) is 10.3 Å². The van der Waals surface area contributed by atoms with Gasteiger partial charge in [0, 0.05) is 34.0 Å². The van der Waals surface area contributed by atoms with Crippen LogP contribution in [0, 0.1) is 5.92 Å². The van der Waals surface area contributed by atoms with Crippen molar-refractivity contribution in [1.29, 1.82) is 0 Å². The Kier molecular flexibility index (Phi) is 6.71. The van der Waals surface area contributed by atoms with E-state index in [1.807, 2.05) is 18.2 Å². The molecular formula is C25H23ClN2O4. The van der Waals surface area contributed by atoms with Crippen LogP contribution in [0.4, 0.5) is 0 Å². The van der Waals surface area contributed by atoms with Gasteiger partial charge in [0.1, 0.15) is 6.04 Å². The van der Waals surface area contributed by atoms with Crippen LogP contribution in [-0.4, -0.2) is 29.5 Å². The number of hydrogen-bond acceptors (Lipinski definition) is 4. The lowest BCUT2D eigenvalue weighted by molar-refractivity contribution is -0.147. The number of halogens is 1. The van der Waals surface area contributed by atoms with Gasteiger partial charge in [-0.3, -0.25) is 9.59 Å². The highest BCUT2D eigenvalue weighted by Gasteiger charge is 2.26. The number of aromatic amines is 1. The van der Waals surface area contributed by atoms with Gasteiger partial charge >= 0.3 is 5.97 Å². The summed E-state index contributed by atoms with van der Waals surface area (Å²) in [5.74, 6) is -0.684. The zero-order chi connectivity index (χ0) is 22.5. The van der Waals surface area contributed by atoms with E-state index in [0.717, 1.165) is 18.2 Å². The summed E-state index contributed by atoms with van der Waals surface area (Å²) < 4.78 is 5.56. The molecule has 1 unspecified atom stereocenters. The van der Waals surface area contributed by atoms with Gasteiger partial charge in [0.25, 0.3) is 5.91 Å². The molecule has 0 bridgehead atoms. The van der Waals surface area contributed by atoms with E-state index in [1.54, 1.807) is 30.3 Å². The third-order valence-electron chi connectivity index (χ3n) is 5.52. The van der Waals surface area contributed by atoms with Crippen molar-refractivity contribution in [3.05, 3.63) is 93.3 Å². The fraction of sp³-hybridized carbons (Fsp3) is 0.240. The molecule has 0 saturated carbocycles. The summed E-state index contributed by atoms with van der Waals surface area (Å²) in [5.41, 5.74) is 1.43. The number of rotatable bonds is 7. The molecular weight excluding hydrogens is 428 g/mol. The van der Waals surface area contributed by atoms with Crippen molar-refractivity contribution in [2.75, 3.05) is 6.61 Å². The summed E-state index contributed by atoms with van der Waals surface area (Å²) in [5, 5.41) is 4.10. The van der Waals surface area contributed by atoms with Gasteiger partial charge in [-0.15, -0.1) is 0 Å². The smallest absolute Gasteiger partial charge is 0.329 e. The number of H-pyrrole nitrogens is 1. The molecule has 32 heavy (non-hydrogen) atoms. The number of carbonyl (C=O) groups is 2. The highest BCUT2D eigenvalue weighted by atomic mass is 35.5. The van der Waals surface area contributed by atoms with Gasteiger partial charge in [0.05, 0.1) is 6.61 Å². The Hall–Kier alpha value is -3.38. The van der Waals surface area contributed by atoms with Crippen LogP contribution in [0.2, 0.25) is 5.02 Å². The summed E-state index contributed by atoms with van der Waals surface area (Å²) in [4.78, 5) is 40.7. The maximum atomic E-state index is 13.0. The number of allylic oxidation sites excluding steroid dienone is 2. The normalized spacial score (nSPS) is 14.4. The first-order valence-electron chi connectivity index (χ1n) is 10.5. The number of carbonyl (C=O) groups excluding carboxylic acids is 2. The maximum Gasteiger partial charge on any atom is 0.329 e. The van der Waals surface area contributed by atoms with Gasteiger partial charge in [-0.2, -0.15) is 0 Å². The summed E-state index contributed by atoms with van der Waals surface area (Å²) in [6, 6.07) is 14.3. The van der Waals surface area contributed by atoms with Gasteiger partial charge in [-0.1, -0.05) is 42.0 Å². The first kappa shape index (κ1) is 21.8. The summed E-state index contributed by atoms with van der Waals surface area (Å²) in [6.45, 7) is 0.287. The number of hydrogen-bond donors (Lipinski definition) is 2. The van der Waals surface area contributed by atoms with Crippen LogP contribution in [0.1, 0.15) is 28.8 Å². The largest absolute Gasteiger partial charge is 0.464 e. The number of esters is 1. The van der Waals surface area contributed by atoms with Crippen LogP contribution in [0.15, 0.2) is 71.5 Å². The molecule has 1 heterocycles. The van der Waals surface area contributed by atoms with E-state index in [0.29, 0.717) is 21.7 Å². The Balaban J connectivity index is 1.58. The van der Waals surface area contributed by atoms with E-state index >= 15 is 0 Å². The molecule has 1 aliphatic carbocycles. The fourth-order valence-corrected chi connectivity index (χ4v) is 3.94.